The number of aryl methyl sites for hydroxylation is 1. The lowest BCUT2D eigenvalue weighted by Gasteiger charge is -2.33. The fourth-order valence-electron chi connectivity index (χ4n) is 4.37. The Hall–Kier alpha value is -4.05. The summed E-state index contributed by atoms with van der Waals surface area (Å²) in [4.78, 5) is 28.8. The number of carbonyl (C=O) groups excluding carboxylic acids is 2. The van der Waals surface area contributed by atoms with E-state index >= 15 is 0 Å². The van der Waals surface area contributed by atoms with Crippen LogP contribution in [0.3, 0.4) is 0 Å². The Morgan fingerprint density at radius 1 is 0.902 bits per heavy atom. The Morgan fingerprint density at radius 2 is 1.56 bits per heavy atom. The van der Waals surface area contributed by atoms with E-state index in [-0.39, 0.29) is 17.3 Å². The number of nitrogens with zero attached hydrogens (tertiary/aromatic N) is 2. The van der Waals surface area contributed by atoms with E-state index in [9.17, 15) is 18.0 Å². The molecule has 0 aromatic heterocycles. The second kappa shape index (κ2) is 14.5. The van der Waals surface area contributed by atoms with Crippen LogP contribution in [-0.4, -0.2) is 58.5 Å². The van der Waals surface area contributed by atoms with Crippen LogP contribution in [0, 0.1) is 6.92 Å². The summed E-state index contributed by atoms with van der Waals surface area (Å²) in [6.45, 7) is 5.69. The number of rotatable bonds is 14. The van der Waals surface area contributed by atoms with Crippen LogP contribution in [0.1, 0.15) is 37.8 Å². The first-order valence-electron chi connectivity index (χ1n) is 13.6. The van der Waals surface area contributed by atoms with Gasteiger partial charge in [-0.1, -0.05) is 43.7 Å². The van der Waals surface area contributed by atoms with Crippen LogP contribution in [0.15, 0.2) is 77.7 Å². The van der Waals surface area contributed by atoms with Crippen molar-refractivity contribution in [1.82, 2.24) is 10.2 Å². The first-order chi connectivity index (χ1) is 19.6. The number of anilines is 1. The van der Waals surface area contributed by atoms with Gasteiger partial charge in [-0.2, -0.15) is 0 Å². The molecule has 0 heterocycles. The summed E-state index contributed by atoms with van der Waals surface area (Å²) in [6.07, 6.45) is 1.09. The maximum atomic E-state index is 14.1. The van der Waals surface area contributed by atoms with Gasteiger partial charge in [0.15, 0.2) is 0 Å². The highest BCUT2D eigenvalue weighted by molar-refractivity contribution is 7.92. The number of hydrogen-bond donors (Lipinski definition) is 1. The van der Waals surface area contributed by atoms with Crippen LogP contribution < -0.4 is 19.1 Å². The van der Waals surface area contributed by atoms with Gasteiger partial charge in [-0.05, 0) is 73.9 Å². The Labute approximate surface area is 243 Å². The maximum Gasteiger partial charge on any atom is 0.264 e. The van der Waals surface area contributed by atoms with Crippen molar-refractivity contribution in [3.05, 3.63) is 83.9 Å². The fourth-order valence-corrected chi connectivity index (χ4v) is 5.78. The third-order valence-corrected chi connectivity index (χ3v) is 8.46. The van der Waals surface area contributed by atoms with Crippen molar-refractivity contribution in [2.24, 2.45) is 0 Å². The van der Waals surface area contributed by atoms with Gasteiger partial charge >= 0.3 is 0 Å². The van der Waals surface area contributed by atoms with E-state index in [4.69, 9.17) is 9.47 Å². The summed E-state index contributed by atoms with van der Waals surface area (Å²) in [7, 11) is -1.07. The zero-order chi connectivity index (χ0) is 30.0. The van der Waals surface area contributed by atoms with Gasteiger partial charge < -0.3 is 19.7 Å². The van der Waals surface area contributed by atoms with Gasteiger partial charge in [-0.25, -0.2) is 8.42 Å². The number of sulfonamides is 1. The first kappa shape index (κ1) is 31.5. The second-order valence-corrected chi connectivity index (χ2v) is 11.5. The lowest BCUT2D eigenvalue weighted by atomic mass is 10.1. The highest BCUT2D eigenvalue weighted by atomic mass is 32.2. The third kappa shape index (κ3) is 8.00. The van der Waals surface area contributed by atoms with E-state index in [0.29, 0.717) is 30.2 Å². The molecule has 9 nitrogen and oxygen atoms in total. The fraction of sp³-hybridized carbons (Fsp3) is 0.355. The predicted octanol–water partition coefficient (Wildman–Crippen LogP) is 4.54. The van der Waals surface area contributed by atoms with Crippen molar-refractivity contribution in [2.75, 3.05) is 31.6 Å². The van der Waals surface area contributed by atoms with Crippen LogP contribution in [0.4, 0.5) is 5.69 Å². The molecule has 3 rings (SSSR count). The SMILES string of the molecule is CCCNC(=O)C(CC)N(Cc1cccc(OC)c1)C(=O)CN(c1ccc(OC)cc1)S(=O)(=O)c1ccc(C)cc1. The molecule has 1 atom stereocenters. The summed E-state index contributed by atoms with van der Waals surface area (Å²) in [6, 6.07) is 19.3. The molecule has 0 aliphatic rings. The predicted molar refractivity (Wildman–Crippen MR) is 160 cm³/mol. The molecule has 10 heteroatoms. The molecule has 0 saturated carbocycles. The van der Waals surface area contributed by atoms with Gasteiger partial charge in [0.25, 0.3) is 10.0 Å². The minimum atomic E-state index is -4.14. The topological polar surface area (TPSA) is 105 Å². The Morgan fingerprint density at radius 3 is 2.15 bits per heavy atom. The van der Waals surface area contributed by atoms with Crippen molar-refractivity contribution in [2.45, 2.75) is 51.1 Å². The van der Waals surface area contributed by atoms with E-state index in [0.717, 1.165) is 21.9 Å². The molecule has 0 saturated heterocycles. The number of amides is 2. The molecule has 0 spiro atoms. The largest absolute Gasteiger partial charge is 0.497 e. The smallest absolute Gasteiger partial charge is 0.264 e. The molecular weight excluding hydrogens is 542 g/mol. The molecule has 41 heavy (non-hydrogen) atoms. The highest BCUT2D eigenvalue weighted by Gasteiger charge is 2.33. The van der Waals surface area contributed by atoms with E-state index in [2.05, 4.69) is 5.32 Å². The molecule has 0 aliphatic heterocycles. The van der Waals surface area contributed by atoms with E-state index in [1.54, 1.807) is 61.7 Å². The van der Waals surface area contributed by atoms with Crippen LogP contribution in [0.25, 0.3) is 0 Å². The monoisotopic (exact) mass is 581 g/mol. The van der Waals surface area contributed by atoms with Gasteiger partial charge in [-0.3, -0.25) is 13.9 Å². The Balaban J connectivity index is 2.06. The molecule has 220 valence electrons. The van der Waals surface area contributed by atoms with E-state index < -0.39 is 28.5 Å². The number of carbonyl (C=O) groups is 2. The molecule has 1 unspecified atom stereocenters. The molecule has 1 N–H and O–H groups in total. The summed E-state index contributed by atoms with van der Waals surface area (Å²) in [5.41, 5.74) is 1.95. The maximum absolute atomic E-state index is 14.1. The highest BCUT2D eigenvalue weighted by Crippen LogP contribution is 2.27. The number of methoxy groups -OCH3 is 2. The van der Waals surface area contributed by atoms with Gasteiger partial charge in [0, 0.05) is 13.1 Å². The summed E-state index contributed by atoms with van der Waals surface area (Å²) >= 11 is 0. The van der Waals surface area contributed by atoms with Gasteiger partial charge in [0.2, 0.25) is 11.8 Å². The standard InChI is InChI=1S/C31H39N3O6S/c1-6-19-32-31(36)29(7-2)33(21-24-9-8-10-27(20-24)40-5)30(35)22-34(25-13-15-26(39-4)16-14-25)41(37,38)28-17-11-23(3)12-18-28/h8-18,20,29H,6-7,19,21-22H2,1-5H3,(H,32,36). The van der Waals surface area contributed by atoms with E-state index in [1.807, 2.05) is 26.8 Å². The molecule has 3 aromatic rings. The summed E-state index contributed by atoms with van der Waals surface area (Å²) in [5, 5.41) is 2.88. The minimum absolute atomic E-state index is 0.0544. The molecular formula is C31H39N3O6S. The lowest BCUT2D eigenvalue weighted by Crippen LogP contribution is -2.52. The number of ether oxygens (including phenoxy) is 2. The van der Waals surface area contributed by atoms with Crippen molar-refractivity contribution in [1.29, 1.82) is 0 Å². The number of nitrogens with one attached hydrogen (secondary N) is 1. The Kier molecular flexibility index (Phi) is 11.2. The van der Waals surface area contributed by atoms with Crippen molar-refractivity contribution >= 4 is 27.5 Å². The van der Waals surface area contributed by atoms with Gasteiger partial charge in [-0.15, -0.1) is 0 Å². The van der Waals surface area contributed by atoms with Crippen LogP contribution in [0.2, 0.25) is 0 Å². The zero-order valence-corrected chi connectivity index (χ0v) is 25.1. The first-order valence-corrected chi connectivity index (χ1v) is 15.0. The number of benzene rings is 3. The molecule has 3 aromatic carbocycles. The normalized spacial score (nSPS) is 11.8. The minimum Gasteiger partial charge on any atom is -0.497 e. The quantitative estimate of drug-likeness (QED) is 0.300. The Bertz CT molecular complexity index is 1410. The average molecular weight is 582 g/mol. The van der Waals surface area contributed by atoms with Crippen molar-refractivity contribution in [3.63, 3.8) is 0 Å². The molecule has 0 bridgehead atoms. The van der Waals surface area contributed by atoms with Crippen LogP contribution in [0.5, 0.6) is 11.5 Å². The average Bonchev–Trinajstić information content (AvgIpc) is 2.98. The summed E-state index contributed by atoms with van der Waals surface area (Å²) < 4.78 is 39.6. The van der Waals surface area contributed by atoms with Crippen LogP contribution >= 0.6 is 0 Å². The zero-order valence-electron chi connectivity index (χ0n) is 24.3. The van der Waals surface area contributed by atoms with Crippen LogP contribution in [-0.2, 0) is 26.2 Å². The van der Waals surface area contributed by atoms with Crippen molar-refractivity contribution in [3.8, 4) is 11.5 Å². The molecule has 0 fully saturated rings. The molecule has 2 amide bonds. The molecule has 0 aliphatic carbocycles. The number of hydrogen-bond acceptors (Lipinski definition) is 6. The lowest BCUT2D eigenvalue weighted by molar-refractivity contribution is -0.140. The third-order valence-electron chi connectivity index (χ3n) is 6.67. The van der Waals surface area contributed by atoms with Crippen molar-refractivity contribution < 1.29 is 27.5 Å². The van der Waals surface area contributed by atoms with E-state index in [1.165, 1.54) is 24.1 Å². The second-order valence-electron chi connectivity index (χ2n) is 9.61. The molecule has 0 radical (unpaired) electrons. The van der Waals surface area contributed by atoms with Gasteiger partial charge in [0.1, 0.15) is 24.1 Å². The van der Waals surface area contributed by atoms with Gasteiger partial charge in [0.05, 0.1) is 24.8 Å². The summed E-state index contributed by atoms with van der Waals surface area (Å²) in [5.74, 6) is 0.354.